The van der Waals surface area contributed by atoms with Gasteiger partial charge in [-0.25, -0.2) is 13.6 Å². The number of carbonyl (C=O) groups is 3. The minimum Gasteiger partial charge on any atom is -0.454 e. The second kappa shape index (κ2) is 8.84. The Hall–Kier alpha value is -3.09. The van der Waals surface area contributed by atoms with Crippen molar-refractivity contribution >= 4 is 17.7 Å². The van der Waals surface area contributed by atoms with Crippen LogP contribution in [0.25, 0.3) is 0 Å². The standard InChI is InChI=1S/C19H17F2NO4/c1-12(23)22-9-8-13-2-4-14(5-3-13)18(24)11-26-19(25)16-7-6-15(20)10-17(16)21/h2-7,10H,8-9,11H2,1H3,(H,22,23). The second-order valence-electron chi connectivity index (χ2n) is 5.55. The average molecular weight is 361 g/mol. The summed E-state index contributed by atoms with van der Waals surface area (Å²) in [5, 5.41) is 2.67. The number of rotatable bonds is 7. The molecule has 0 saturated carbocycles. The molecule has 0 aliphatic carbocycles. The third-order valence-corrected chi connectivity index (χ3v) is 3.55. The predicted molar refractivity (Wildman–Crippen MR) is 89.8 cm³/mol. The van der Waals surface area contributed by atoms with Crippen molar-refractivity contribution in [2.24, 2.45) is 0 Å². The Kier molecular flexibility index (Phi) is 6.54. The molecule has 2 aromatic rings. The number of amides is 1. The first-order chi connectivity index (χ1) is 12.4. The molecule has 0 bridgehead atoms. The van der Waals surface area contributed by atoms with Crippen molar-refractivity contribution in [2.75, 3.05) is 13.2 Å². The highest BCUT2D eigenvalue weighted by Gasteiger charge is 2.16. The molecule has 0 fully saturated rings. The van der Waals surface area contributed by atoms with Gasteiger partial charge in [0.05, 0.1) is 5.56 Å². The summed E-state index contributed by atoms with van der Waals surface area (Å²) in [6.07, 6.45) is 0.618. The van der Waals surface area contributed by atoms with E-state index in [0.717, 1.165) is 17.7 Å². The minimum atomic E-state index is -1.05. The number of Topliss-reactive ketones (excluding diaryl/α,β-unsaturated/α-hetero) is 1. The predicted octanol–water partition coefficient (Wildman–Crippen LogP) is 2.68. The molecule has 0 spiro atoms. The number of ketones is 1. The summed E-state index contributed by atoms with van der Waals surface area (Å²) in [5.74, 6) is -3.46. The van der Waals surface area contributed by atoms with Crippen molar-refractivity contribution in [1.82, 2.24) is 5.32 Å². The van der Waals surface area contributed by atoms with Crippen molar-refractivity contribution in [3.05, 3.63) is 70.8 Å². The summed E-state index contributed by atoms with van der Waals surface area (Å²) in [5.41, 5.74) is 0.828. The summed E-state index contributed by atoms with van der Waals surface area (Å²) in [6, 6.07) is 9.09. The molecule has 5 nitrogen and oxygen atoms in total. The van der Waals surface area contributed by atoms with Crippen LogP contribution in [0, 0.1) is 11.6 Å². The van der Waals surface area contributed by atoms with E-state index in [2.05, 4.69) is 5.32 Å². The van der Waals surface area contributed by atoms with Crippen molar-refractivity contribution in [2.45, 2.75) is 13.3 Å². The normalized spacial score (nSPS) is 10.3. The maximum atomic E-state index is 13.5. The van der Waals surface area contributed by atoms with Gasteiger partial charge in [-0.1, -0.05) is 24.3 Å². The van der Waals surface area contributed by atoms with E-state index < -0.39 is 35.6 Å². The molecule has 0 aromatic heterocycles. The summed E-state index contributed by atoms with van der Waals surface area (Å²) in [4.78, 5) is 34.6. The zero-order valence-electron chi connectivity index (χ0n) is 14.1. The Bertz CT molecular complexity index is 819. The van der Waals surface area contributed by atoms with E-state index in [0.29, 0.717) is 24.6 Å². The van der Waals surface area contributed by atoms with Crippen molar-refractivity contribution in [3.8, 4) is 0 Å². The number of ether oxygens (including phenoxy) is 1. The van der Waals surface area contributed by atoms with Crippen LogP contribution in [0.5, 0.6) is 0 Å². The Morgan fingerprint density at radius 2 is 1.73 bits per heavy atom. The number of hydrogen-bond donors (Lipinski definition) is 1. The van der Waals surface area contributed by atoms with Gasteiger partial charge in [0.15, 0.2) is 12.4 Å². The fraction of sp³-hybridized carbons (Fsp3) is 0.211. The zero-order valence-corrected chi connectivity index (χ0v) is 14.1. The first kappa shape index (κ1) is 19.2. The van der Waals surface area contributed by atoms with Crippen LogP contribution in [-0.4, -0.2) is 30.8 Å². The molecule has 0 radical (unpaired) electrons. The lowest BCUT2D eigenvalue weighted by atomic mass is 10.1. The third-order valence-electron chi connectivity index (χ3n) is 3.55. The van der Waals surface area contributed by atoms with Crippen LogP contribution < -0.4 is 5.32 Å². The lowest BCUT2D eigenvalue weighted by molar-refractivity contribution is -0.118. The van der Waals surface area contributed by atoms with Crippen LogP contribution in [0.4, 0.5) is 8.78 Å². The molecule has 2 rings (SSSR count). The number of esters is 1. The first-order valence-corrected chi connectivity index (χ1v) is 7.85. The van der Waals surface area contributed by atoms with Gasteiger partial charge in [-0.15, -0.1) is 0 Å². The highest BCUT2D eigenvalue weighted by molar-refractivity contribution is 5.99. The molecular formula is C19H17F2NO4. The van der Waals surface area contributed by atoms with Gasteiger partial charge in [-0.3, -0.25) is 9.59 Å². The molecule has 0 heterocycles. The second-order valence-corrected chi connectivity index (χ2v) is 5.55. The smallest absolute Gasteiger partial charge is 0.341 e. The van der Waals surface area contributed by atoms with Crippen LogP contribution >= 0.6 is 0 Å². The van der Waals surface area contributed by atoms with Gasteiger partial charge in [0.1, 0.15) is 11.6 Å². The van der Waals surface area contributed by atoms with E-state index in [1.54, 1.807) is 24.3 Å². The first-order valence-electron chi connectivity index (χ1n) is 7.85. The van der Waals surface area contributed by atoms with Crippen LogP contribution in [0.15, 0.2) is 42.5 Å². The third kappa shape index (κ3) is 5.47. The summed E-state index contributed by atoms with van der Waals surface area (Å²) >= 11 is 0. The lowest BCUT2D eigenvalue weighted by Crippen LogP contribution is -2.22. The van der Waals surface area contributed by atoms with Crippen molar-refractivity contribution in [3.63, 3.8) is 0 Å². The van der Waals surface area contributed by atoms with Crippen molar-refractivity contribution < 1.29 is 27.9 Å². The summed E-state index contributed by atoms with van der Waals surface area (Å²) < 4.78 is 31.1. The number of nitrogens with one attached hydrogen (secondary N) is 1. The molecular weight excluding hydrogens is 344 g/mol. The number of halogens is 2. The van der Waals surface area contributed by atoms with E-state index in [1.807, 2.05) is 0 Å². The largest absolute Gasteiger partial charge is 0.454 e. The average Bonchev–Trinajstić information content (AvgIpc) is 2.59. The molecule has 136 valence electrons. The van der Waals surface area contributed by atoms with Crippen LogP contribution in [0.2, 0.25) is 0 Å². The quantitative estimate of drug-likeness (QED) is 0.608. The number of hydrogen-bond acceptors (Lipinski definition) is 4. The van der Waals surface area contributed by atoms with Gasteiger partial charge in [-0.2, -0.15) is 0 Å². The van der Waals surface area contributed by atoms with E-state index in [4.69, 9.17) is 4.74 Å². The van der Waals surface area contributed by atoms with Crippen molar-refractivity contribution in [1.29, 1.82) is 0 Å². The van der Waals surface area contributed by atoms with Gasteiger partial charge >= 0.3 is 5.97 Å². The number of benzene rings is 2. The van der Waals surface area contributed by atoms with Crippen LogP contribution in [0.1, 0.15) is 33.2 Å². The molecule has 0 unspecified atom stereocenters. The molecule has 0 aliphatic heterocycles. The van der Waals surface area contributed by atoms with Gasteiger partial charge in [0.2, 0.25) is 5.91 Å². The fourth-order valence-electron chi connectivity index (χ4n) is 2.19. The van der Waals surface area contributed by atoms with Crippen LogP contribution in [0.3, 0.4) is 0 Å². The van der Waals surface area contributed by atoms with Gasteiger partial charge in [-0.05, 0) is 24.1 Å². The molecule has 26 heavy (non-hydrogen) atoms. The highest BCUT2D eigenvalue weighted by Crippen LogP contribution is 2.12. The summed E-state index contributed by atoms with van der Waals surface area (Å²) in [6.45, 7) is 1.37. The van der Waals surface area contributed by atoms with Gasteiger partial charge < -0.3 is 10.1 Å². The molecule has 1 N–H and O–H groups in total. The monoisotopic (exact) mass is 361 g/mol. The molecule has 1 amide bonds. The lowest BCUT2D eigenvalue weighted by Gasteiger charge is -2.07. The SMILES string of the molecule is CC(=O)NCCc1ccc(C(=O)COC(=O)c2ccc(F)cc2F)cc1. The van der Waals surface area contributed by atoms with E-state index in [9.17, 15) is 23.2 Å². The van der Waals surface area contributed by atoms with E-state index >= 15 is 0 Å². The molecule has 0 aliphatic rings. The molecule has 0 atom stereocenters. The molecule has 0 saturated heterocycles. The Morgan fingerprint density at radius 3 is 2.35 bits per heavy atom. The van der Waals surface area contributed by atoms with Gasteiger partial charge in [0.25, 0.3) is 0 Å². The zero-order chi connectivity index (χ0) is 19.1. The topological polar surface area (TPSA) is 72.5 Å². The maximum Gasteiger partial charge on any atom is 0.341 e. The molecule has 2 aromatic carbocycles. The highest BCUT2D eigenvalue weighted by atomic mass is 19.1. The Morgan fingerprint density at radius 1 is 1.04 bits per heavy atom. The minimum absolute atomic E-state index is 0.115. The Labute approximate surface area is 149 Å². The summed E-state index contributed by atoms with van der Waals surface area (Å²) in [7, 11) is 0. The Balaban J connectivity index is 1.89. The van der Waals surface area contributed by atoms with E-state index in [1.165, 1.54) is 6.92 Å². The van der Waals surface area contributed by atoms with Crippen LogP contribution in [-0.2, 0) is 16.0 Å². The van der Waals surface area contributed by atoms with E-state index in [-0.39, 0.29) is 5.91 Å². The number of carbonyl (C=O) groups excluding carboxylic acids is 3. The fourth-order valence-corrected chi connectivity index (χ4v) is 2.19. The molecule has 7 heteroatoms. The van der Waals surface area contributed by atoms with Gasteiger partial charge in [0, 0.05) is 25.1 Å². The maximum absolute atomic E-state index is 13.5.